The number of nitrogens with zero attached hydrogens (tertiary/aromatic N) is 1. The van der Waals surface area contributed by atoms with E-state index < -0.39 is 0 Å². The summed E-state index contributed by atoms with van der Waals surface area (Å²) in [6.45, 7) is 2.97. The van der Waals surface area contributed by atoms with Crippen molar-refractivity contribution in [2.45, 2.75) is 19.9 Å². The Hall–Kier alpha value is -2.79. The van der Waals surface area contributed by atoms with Crippen LogP contribution in [-0.2, 0) is 17.8 Å². The summed E-state index contributed by atoms with van der Waals surface area (Å²) in [5, 5.41) is 1.83. The second kappa shape index (κ2) is 8.07. The lowest BCUT2D eigenvalue weighted by molar-refractivity contribution is -0.124. The van der Waals surface area contributed by atoms with Crippen LogP contribution in [0.1, 0.15) is 16.7 Å². The number of aryl methyl sites for hydroxylation is 1. The van der Waals surface area contributed by atoms with Crippen LogP contribution in [0.4, 0.5) is 4.79 Å². The van der Waals surface area contributed by atoms with Crippen molar-refractivity contribution >= 4 is 33.7 Å². The smallest absolute Gasteiger partial charge is 0.289 e. The minimum absolute atomic E-state index is 0.127. The minimum Gasteiger partial charge on any atom is -0.493 e. The van der Waals surface area contributed by atoms with Gasteiger partial charge in [0, 0.05) is 11.8 Å². The van der Waals surface area contributed by atoms with Crippen LogP contribution >= 0.6 is 11.8 Å². The number of rotatable bonds is 6. The fraction of sp³-hybridized carbons (Fsp3) is 0.217. The van der Waals surface area contributed by atoms with E-state index >= 15 is 0 Å². The number of amides is 2. The third kappa shape index (κ3) is 3.90. The highest BCUT2D eigenvalue weighted by molar-refractivity contribution is 8.14. The number of benzene rings is 3. The van der Waals surface area contributed by atoms with Crippen LogP contribution in [0.3, 0.4) is 0 Å². The van der Waals surface area contributed by atoms with Crippen LogP contribution in [0, 0.1) is 6.92 Å². The van der Waals surface area contributed by atoms with E-state index in [0.29, 0.717) is 13.2 Å². The topological polar surface area (TPSA) is 46.6 Å². The first-order chi connectivity index (χ1) is 13.6. The van der Waals surface area contributed by atoms with Crippen LogP contribution in [-0.4, -0.2) is 28.4 Å². The van der Waals surface area contributed by atoms with E-state index in [2.05, 4.69) is 31.2 Å². The molecule has 0 bridgehead atoms. The first kappa shape index (κ1) is 18.6. The Morgan fingerprint density at radius 1 is 0.964 bits per heavy atom. The molecule has 0 unspecified atom stereocenters. The molecule has 1 aliphatic heterocycles. The molecular formula is C23H21NO3S. The van der Waals surface area contributed by atoms with Crippen LogP contribution in [0.5, 0.6) is 5.75 Å². The minimum atomic E-state index is -0.174. The molecule has 3 aromatic carbocycles. The second-order valence-corrected chi connectivity index (χ2v) is 7.81. The molecule has 0 radical (unpaired) electrons. The molecule has 0 spiro atoms. The Morgan fingerprint density at radius 3 is 2.43 bits per heavy atom. The van der Waals surface area contributed by atoms with Crippen molar-refractivity contribution in [1.82, 2.24) is 4.90 Å². The van der Waals surface area contributed by atoms with Gasteiger partial charge >= 0.3 is 0 Å². The van der Waals surface area contributed by atoms with Crippen LogP contribution < -0.4 is 4.74 Å². The van der Waals surface area contributed by atoms with Crippen molar-refractivity contribution in [3.8, 4) is 5.75 Å². The van der Waals surface area contributed by atoms with E-state index in [1.807, 2.05) is 36.4 Å². The summed E-state index contributed by atoms with van der Waals surface area (Å²) in [6.07, 6.45) is 0.838. The predicted molar refractivity (Wildman–Crippen MR) is 113 cm³/mol. The normalized spacial score (nSPS) is 14.1. The SMILES string of the molecule is Cc1ccc(CCOc2ccc(CN3C(=O)CSC3=O)c3ccccc23)cc1. The summed E-state index contributed by atoms with van der Waals surface area (Å²) >= 11 is 1.06. The molecule has 1 saturated heterocycles. The quantitative estimate of drug-likeness (QED) is 0.595. The van der Waals surface area contributed by atoms with Crippen LogP contribution in [0.15, 0.2) is 60.7 Å². The Morgan fingerprint density at radius 2 is 1.71 bits per heavy atom. The number of hydrogen-bond acceptors (Lipinski definition) is 4. The molecule has 4 nitrogen and oxygen atoms in total. The maximum atomic E-state index is 11.9. The van der Waals surface area contributed by atoms with E-state index in [0.717, 1.165) is 40.3 Å². The Bertz CT molecular complexity index is 1010. The Kier molecular flexibility index (Phi) is 5.35. The van der Waals surface area contributed by atoms with Crippen LogP contribution in [0.25, 0.3) is 10.8 Å². The second-order valence-electron chi connectivity index (χ2n) is 6.89. The molecular weight excluding hydrogens is 370 g/mol. The van der Waals surface area contributed by atoms with Gasteiger partial charge in [-0.25, -0.2) is 0 Å². The number of carbonyl (C=O) groups is 2. The van der Waals surface area contributed by atoms with Crippen molar-refractivity contribution in [1.29, 1.82) is 0 Å². The van der Waals surface area contributed by atoms with E-state index in [1.54, 1.807) is 0 Å². The Labute approximate surface area is 168 Å². The zero-order valence-electron chi connectivity index (χ0n) is 15.7. The molecule has 3 aromatic rings. The lowest BCUT2D eigenvalue weighted by Gasteiger charge is -2.16. The fourth-order valence-corrected chi connectivity index (χ4v) is 4.06. The van der Waals surface area contributed by atoms with Crippen molar-refractivity contribution in [3.05, 3.63) is 77.4 Å². The molecule has 1 aliphatic rings. The van der Waals surface area contributed by atoms with E-state index in [4.69, 9.17) is 4.74 Å². The molecule has 0 saturated carbocycles. The first-order valence-corrected chi connectivity index (χ1v) is 10.3. The van der Waals surface area contributed by atoms with Gasteiger partial charge in [0.15, 0.2) is 0 Å². The first-order valence-electron chi connectivity index (χ1n) is 9.28. The molecule has 1 heterocycles. The van der Waals surface area contributed by atoms with Gasteiger partial charge in [0.1, 0.15) is 5.75 Å². The van der Waals surface area contributed by atoms with Gasteiger partial charge in [-0.05, 0) is 29.5 Å². The molecule has 28 heavy (non-hydrogen) atoms. The summed E-state index contributed by atoms with van der Waals surface area (Å²) in [6, 6.07) is 20.3. The zero-order chi connectivity index (χ0) is 19.5. The summed E-state index contributed by atoms with van der Waals surface area (Å²) < 4.78 is 6.07. The maximum absolute atomic E-state index is 11.9. The molecule has 0 aliphatic carbocycles. The molecule has 1 fully saturated rings. The van der Waals surface area contributed by atoms with Crippen LogP contribution in [0.2, 0.25) is 0 Å². The van der Waals surface area contributed by atoms with Gasteiger partial charge in [-0.2, -0.15) is 0 Å². The van der Waals surface area contributed by atoms with E-state index in [-0.39, 0.29) is 16.9 Å². The number of imide groups is 1. The fourth-order valence-electron chi connectivity index (χ4n) is 3.34. The van der Waals surface area contributed by atoms with Gasteiger partial charge < -0.3 is 4.74 Å². The maximum Gasteiger partial charge on any atom is 0.289 e. The Balaban J connectivity index is 1.53. The van der Waals surface area contributed by atoms with Gasteiger partial charge in [0.05, 0.1) is 18.9 Å². The molecule has 4 rings (SSSR count). The number of carbonyl (C=O) groups excluding carboxylic acids is 2. The standard InChI is InChI=1S/C23H21NO3S/c1-16-6-8-17(9-7-16)12-13-27-21-11-10-18(19-4-2-3-5-20(19)21)14-24-22(25)15-28-23(24)26/h2-11H,12-15H2,1H3. The monoisotopic (exact) mass is 391 g/mol. The predicted octanol–water partition coefficient (Wildman–Crippen LogP) is 4.97. The summed E-state index contributed by atoms with van der Waals surface area (Å²) in [4.78, 5) is 25.2. The van der Waals surface area contributed by atoms with Gasteiger partial charge in [0.2, 0.25) is 5.91 Å². The van der Waals surface area contributed by atoms with Gasteiger partial charge in [-0.15, -0.1) is 0 Å². The van der Waals surface area contributed by atoms with E-state index in [9.17, 15) is 9.59 Å². The van der Waals surface area contributed by atoms with Gasteiger partial charge in [0.25, 0.3) is 5.24 Å². The molecule has 142 valence electrons. The summed E-state index contributed by atoms with van der Waals surface area (Å²) in [7, 11) is 0. The summed E-state index contributed by atoms with van der Waals surface area (Å²) in [5.74, 6) is 0.925. The number of fused-ring (bicyclic) bond motifs is 1. The highest BCUT2D eigenvalue weighted by atomic mass is 32.2. The summed E-state index contributed by atoms with van der Waals surface area (Å²) in [5.41, 5.74) is 3.44. The third-order valence-electron chi connectivity index (χ3n) is 4.91. The molecule has 2 amide bonds. The van der Waals surface area contributed by atoms with Crippen molar-refractivity contribution in [3.63, 3.8) is 0 Å². The molecule has 0 aromatic heterocycles. The van der Waals surface area contributed by atoms with E-state index in [1.165, 1.54) is 16.0 Å². The molecule has 0 atom stereocenters. The van der Waals surface area contributed by atoms with Gasteiger partial charge in [-0.3, -0.25) is 14.5 Å². The molecule has 5 heteroatoms. The average Bonchev–Trinajstić information content (AvgIpc) is 3.03. The highest BCUT2D eigenvalue weighted by Crippen LogP contribution is 2.31. The number of thioether (sulfide) groups is 1. The van der Waals surface area contributed by atoms with Crippen molar-refractivity contribution in [2.75, 3.05) is 12.4 Å². The number of ether oxygens (including phenoxy) is 1. The van der Waals surface area contributed by atoms with Crippen molar-refractivity contribution in [2.24, 2.45) is 0 Å². The van der Waals surface area contributed by atoms with Crippen molar-refractivity contribution < 1.29 is 14.3 Å². The number of hydrogen-bond donors (Lipinski definition) is 0. The molecule has 0 N–H and O–H groups in total. The average molecular weight is 391 g/mol. The lowest BCUT2D eigenvalue weighted by Crippen LogP contribution is -2.28. The van der Waals surface area contributed by atoms with Gasteiger partial charge in [-0.1, -0.05) is 71.9 Å². The largest absolute Gasteiger partial charge is 0.493 e. The zero-order valence-corrected chi connectivity index (χ0v) is 16.5. The highest BCUT2D eigenvalue weighted by Gasteiger charge is 2.30. The lowest BCUT2D eigenvalue weighted by atomic mass is 10.0. The third-order valence-corrected chi connectivity index (χ3v) is 5.77.